The van der Waals surface area contributed by atoms with Crippen molar-refractivity contribution >= 4 is 40.8 Å². The Labute approximate surface area is 96.7 Å². The van der Waals surface area contributed by atoms with E-state index in [1.807, 2.05) is 18.2 Å². The quantitative estimate of drug-likeness (QED) is 0.598. The third-order valence-corrected chi connectivity index (χ3v) is 1.65. The molecule has 0 aliphatic carbocycles. The van der Waals surface area contributed by atoms with Crippen molar-refractivity contribution in [2.45, 2.75) is 10.4 Å². The Morgan fingerprint density at radius 3 is 2.29 bits per heavy atom. The van der Waals surface area contributed by atoms with Crippen molar-refractivity contribution in [1.82, 2.24) is 0 Å². The van der Waals surface area contributed by atoms with Crippen LogP contribution >= 0.6 is 34.8 Å². The standard InChI is InChI=1S/C9H7Cl3O2/c10-9(11,12)14-8(13)6-7-4-2-1-3-5-7/h1-5H,6H2. The molecule has 14 heavy (non-hydrogen) atoms. The Morgan fingerprint density at radius 1 is 1.21 bits per heavy atom. The molecule has 0 atom stereocenters. The van der Waals surface area contributed by atoms with E-state index in [9.17, 15) is 4.79 Å². The molecule has 0 aromatic heterocycles. The second kappa shape index (κ2) is 4.87. The lowest BCUT2D eigenvalue weighted by molar-refractivity contribution is -0.143. The summed E-state index contributed by atoms with van der Waals surface area (Å²) in [6.07, 6.45) is 0.0920. The van der Waals surface area contributed by atoms with Crippen LogP contribution in [0.2, 0.25) is 0 Å². The van der Waals surface area contributed by atoms with Gasteiger partial charge >= 0.3 is 9.95 Å². The van der Waals surface area contributed by atoms with E-state index in [2.05, 4.69) is 4.74 Å². The average molecular weight is 254 g/mol. The predicted molar refractivity (Wildman–Crippen MR) is 56.5 cm³/mol. The normalized spacial score (nSPS) is 11.1. The first-order valence-electron chi connectivity index (χ1n) is 3.80. The number of carbonyl (C=O) groups excluding carboxylic acids is 1. The van der Waals surface area contributed by atoms with Crippen LogP contribution in [-0.2, 0) is 16.0 Å². The zero-order valence-electron chi connectivity index (χ0n) is 7.04. The first-order valence-corrected chi connectivity index (χ1v) is 4.93. The molecule has 0 unspecified atom stereocenters. The number of alkyl halides is 3. The van der Waals surface area contributed by atoms with Gasteiger partial charge in [-0.3, -0.25) is 4.79 Å². The summed E-state index contributed by atoms with van der Waals surface area (Å²) in [6.45, 7) is 0. The van der Waals surface area contributed by atoms with Gasteiger partial charge in [0.15, 0.2) is 0 Å². The average Bonchev–Trinajstić information content (AvgIpc) is 2.02. The molecule has 1 aromatic carbocycles. The maximum atomic E-state index is 11.2. The molecule has 0 saturated heterocycles. The Hall–Kier alpha value is -0.440. The summed E-state index contributed by atoms with van der Waals surface area (Å²) in [5.41, 5.74) is 0.812. The van der Waals surface area contributed by atoms with Gasteiger partial charge in [-0.05, 0) is 40.4 Å². The minimum absolute atomic E-state index is 0.0920. The highest BCUT2D eigenvalue weighted by atomic mass is 35.6. The summed E-state index contributed by atoms with van der Waals surface area (Å²) < 4.78 is 2.52. The molecule has 2 nitrogen and oxygen atoms in total. The van der Waals surface area contributed by atoms with Crippen LogP contribution < -0.4 is 0 Å². The van der Waals surface area contributed by atoms with Crippen molar-refractivity contribution in [2.75, 3.05) is 0 Å². The van der Waals surface area contributed by atoms with Crippen molar-refractivity contribution < 1.29 is 9.53 Å². The number of rotatable bonds is 2. The van der Waals surface area contributed by atoms with Gasteiger partial charge in [0.25, 0.3) is 0 Å². The van der Waals surface area contributed by atoms with E-state index < -0.39 is 9.95 Å². The molecule has 76 valence electrons. The van der Waals surface area contributed by atoms with Gasteiger partial charge in [-0.1, -0.05) is 30.3 Å². The predicted octanol–water partition coefficient (Wildman–Crippen LogP) is 3.10. The lowest BCUT2D eigenvalue weighted by atomic mass is 10.2. The Bertz CT molecular complexity index is 306. The lowest BCUT2D eigenvalue weighted by Crippen LogP contribution is -2.17. The molecule has 0 aliphatic rings. The Kier molecular flexibility index (Phi) is 4.05. The van der Waals surface area contributed by atoms with Crippen molar-refractivity contribution in [1.29, 1.82) is 0 Å². The van der Waals surface area contributed by atoms with Crippen LogP contribution in [0.3, 0.4) is 0 Å². The van der Waals surface area contributed by atoms with E-state index >= 15 is 0 Å². The van der Waals surface area contributed by atoms with E-state index in [1.54, 1.807) is 12.1 Å². The summed E-state index contributed by atoms with van der Waals surface area (Å²) in [5.74, 6) is -0.573. The fourth-order valence-electron chi connectivity index (χ4n) is 0.928. The maximum absolute atomic E-state index is 11.2. The van der Waals surface area contributed by atoms with Gasteiger partial charge in [-0.2, -0.15) is 0 Å². The van der Waals surface area contributed by atoms with Crippen molar-refractivity contribution in [3.63, 3.8) is 0 Å². The van der Waals surface area contributed by atoms with Gasteiger partial charge < -0.3 is 4.74 Å². The molecule has 1 aromatic rings. The number of hydrogen-bond acceptors (Lipinski definition) is 2. The van der Waals surface area contributed by atoms with E-state index in [1.165, 1.54) is 0 Å². The van der Waals surface area contributed by atoms with Crippen LogP contribution in [0.5, 0.6) is 0 Å². The third-order valence-electron chi connectivity index (χ3n) is 1.42. The molecule has 0 N–H and O–H groups in total. The monoisotopic (exact) mass is 252 g/mol. The molecule has 0 saturated carbocycles. The second-order valence-corrected chi connectivity index (χ2v) is 4.76. The van der Waals surface area contributed by atoms with Crippen LogP contribution in [0.4, 0.5) is 0 Å². The van der Waals surface area contributed by atoms with E-state index in [0.29, 0.717) is 0 Å². The van der Waals surface area contributed by atoms with Crippen LogP contribution in [0.1, 0.15) is 5.56 Å². The van der Waals surface area contributed by atoms with Crippen LogP contribution in [-0.4, -0.2) is 9.95 Å². The Balaban J connectivity index is 2.50. The van der Waals surface area contributed by atoms with Crippen LogP contribution in [0.15, 0.2) is 30.3 Å². The second-order valence-electron chi connectivity index (χ2n) is 2.58. The summed E-state index contributed by atoms with van der Waals surface area (Å²) >= 11 is 15.8. The molecule has 0 aliphatic heterocycles. The minimum Gasteiger partial charge on any atom is -0.414 e. The Morgan fingerprint density at radius 2 is 1.79 bits per heavy atom. The summed E-state index contributed by atoms with van der Waals surface area (Å²) in [7, 11) is 0. The first-order chi connectivity index (χ1) is 6.47. The minimum atomic E-state index is -1.98. The van der Waals surface area contributed by atoms with Gasteiger partial charge in [0.1, 0.15) is 0 Å². The molecule has 0 spiro atoms. The van der Waals surface area contributed by atoms with Gasteiger partial charge in [0, 0.05) is 0 Å². The zero-order valence-corrected chi connectivity index (χ0v) is 9.31. The SMILES string of the molecule is O=C(Cc1ccccc1)OC(Cl)(Cl)Cl. The molecule has 1 rings (SSSR count). The van der Waals surface area contributed by atoms with Gasteiger partial charge in [-0.15, -0.1) is 0 Å². The summed E-state index contributed by atoms with van der Waals surface area (Å²) in [5, 5.41) is 0. The van der Waals surface area contributed by atoms with E-state index in [-0.39, 0.29) is 6.42 Å². The summed E-state index contributed by atoms with van der Waals surface area (Å²) in [6, 6.07) is 9.07. The van der Waals surface area contributed by atoms with E-state index in [4.69, 9.17) is 34.8 Å². The molecular formula is C9H7Cl3O2. The smallest absolute Gasteiger partial charge is 0.340 e. The number of benzene rings is 1. The highest BCUT2D eigenvalue weighted by Crippen LogP contribution is 2.27. The topological polar surface area (TPSA) is 26.3 Å². The fourth-order valence-corrected chi connectivity index (χ4v) is 1.19. The zero-order chi connectivity index (χ0) is 10.6. The van der Waals surface area contributed by atoms with Gasteiger partial charge in [0.2, 0.25) is 0 Å². The highest BCUT2D eigenvalue weighted by molar-refractivity contribution is 6.66. The first kappa shape index (κ1) is 11.6. The number of esters is 1. The molecule has 0 amide bonds. The highest BCUT2D eigenvalue weighted by Gasteiger charge is 2.24. The molecule has 0 heterocycles. The number of hydrogen-bond donors (Lipinski definition) is 0. The molecule has 0 fully saturated rings. The number of carbonyl (C=O) groups is 1. The molecule has 0 bridgehead atoms. The summed E-state index contributed by atoms with van der Waals surface area (Å²) in [4.78, 5) is 11.2. The van der Waals surface area contributed by atoms with E-state index in [0.717, 1.165) is 5.56 Å². The van der Waals surface area contributed by atoms with Crippen molar-refractivity contribution in [3.05, 3.63) is 35.9 Å². The van der Waals surface area contributed by atoms with Gasteiger partial charge in [-0.25, -0.2) is 0 Å². The third kappa shape index (κ3) is 4.70. The van der Waals surface area contributed by atoms with Crippen LogP contribution in [0, 0.1) is 0 Å². The lowest BCUT2D eigenvalue weighted by Gasteiger charge is -2.11. The number of halogens is 3. The van der Waals surface area contributed by atoms with Crippen molar-refractivity contribution in [3.8, 4) is 0 Å². The largest absolute Gasteiger partial charge is 0.414 e. The molecule has 0 radical (unpaired) electrons. The molecule has 5 heteroatoms. The maximum Gasteiger partial charge on any atom is 0.340 e. The molecular weight excluding hydrogens is 246 g/mol. The van der Waals surface area contributed by atoms with Gasteiger partial charge in [0.05, 0.1) is 6.42 Å². The fraction of sp³-hybridized carbons (Fsp3) is 0.222. The van der Waals surface area contributed by atoms with Crippen LogP contribution in [0.25, 0.3) is 0 Å². The number of ether oxygens (including phenoxy) is 1. The van der Waals surface area contributed by atoms with Crippen molar-refractivity contribution in [2.24, 2.45) is 0 Å².